The average molecular weight is 204 g/mol. The van der Waals surface area contributed by atoms with Gasteiger partial charge in [-0.2, -0.15) is 0 Å². The highest BCUT2D eigenvalue weighted by Crippen LogP contribution is 2.19. The van der Waals surface area contributed by atoms with Crippen molar-refractivity contribution in [3.63, 3.8) is 0 Å². The topological polar surface area (TPSA) is 51.2 Å². The van der Waals surface area contributed by atoms with E-state index in [0.717, 1.165) is 24.0 Å². The molecule has 1 aromatic heterocycles. The molecule has 0 spiro atoms. The van der Waals surface area contributed by atoms with E-state index in [1.54, 1.807) is 0 Å². The molecule has 80 valence electrons. The zero-order chi connectivity index (χ0) is 10.8. The van der Waals surface area contributed by atoms with E-state index in [9.17, 15) is 5.11 Å². The summed E-state index contributed by atoms with van der Waals surface area (Å²) >= 11 is 0. The third-order valence-corrected chi connectivity index (χ3v) is 2.58. The van der Waals surface area contributed by atoms with Crippen molar-refractivity contribution in [2.75, 3.05) is 5.73 Å². The molecular formula is C12H16N2O. The average Bonchev–Trinajstić information content (AvgIpc) is 2.57. The molecule has 3 N–H and O–H groups in total. The Balaban J connectivity index is 2.29. The Morgan fingerprint density at radius 2 is 2.20 bits per heavy atom. The Morgan fingerprint density at radius 1 is 1.40 bits per heavy atom. The Bertz CT molecular complexity index is 460. The molecule has 3 nitrogen and oxygen atoms in total. The summed E-state index contributed by atoms with van der Waals surface area (Å²) in [5.41, 5.74) is 7.66. The Morgan fingerprint density at radius 3 is 2.93 bits per heavy atom. The molecule has 1 heterocycles. The van der Waals surface area contributed by atoms with Crippen LogP contribution in [0.3, 0.4) is 0 Å². The van der Waals surface area contributed by atoms with E-state index in [1.165, 1.54) is 5.52 Å². The van der Waals surface area contributed by atoms with Crippen molar-refractivity contribution in [1.82, 2.24) is 4.57 Å². The van der Waals surface area contributed by atoms with Crippen LogP contribution in [-0.4, -0.2) is 15.8 Å². The van der Waals surface area contributed by atoms with Crippen LogP contribution in [0.15, 0.2) is 30.5 Å². The highest BCUT2D eigenvalue weighted by Gasteiger charge is 2.02. The predicted molar refractivity (Wildman–Crippen MR) is 62.6 cm³/mol. The number of aliphatic hydroxyl groups excluding tert-OH is 1. The zero-order valence-electron chi connectivity index (χ0n) is 8.85. The lowest BCUT2D eigenvalue weighted by Gasteiger charge is -2.07. The van der Waals surface area contributed by atoms with E-state index in [2.05, 4.69) is 4.57 Å². The standard InChI is InChI=1S/C12H16N2O/c1-9(15)4-6-14-7-5-10-8-11(13)2-3-12(10)14/h2-3,5,7-9,15H,4,6,13H2,1H3. The molecule has 0 aliphatic carbocycles. The molecule has 0 fully saturated rings. The molecule has 0 amide bonds. The third-order valence-electron chi connectivity index (χ3n) is 2.58. The van der Waals surface area contributed by atoms with Crippen molar-refractivity contribution in [3.05, 3.63) is 30.5 Å². The molecule has 0 aliphatic heterocycles. The van der Waals surface area contributed by atoms with Crippen LogP contribution < -0.4 is 5.73 Å². The number of nitrogens with two attached hydrogens (primary N) is 1. The number of hydrogen-bond donors (Lipinski definition) is 2. The number of anilines is 1. The summed E-state index contributed by atoms with van der Waals surface area (Å²) in [4.78, 5) is 0. The maximum absolute atomic E-state index is 9.23. The van der Waals surface area contributed by atoms with Gasteiger partial charge >= 0.3 is 0 Å². The second kappa shape index (κ2) is 3.95. The van der Waals surface area contributed by atoms with E-state index in [4.69, 9.17) is 5.73 Å². The predicted octanol–water partition coefficient (Wildman–Crippen LogP) is 1.99. The van der Waals surface area contributed by atoms with E-state index >= 15 is 0 Å². The van der Waals surface area contributed by atoms with Gasteiger partial charge in [-0.1, -0.05) is 0 Å². The summed E-state index contributed by atoms with van der Waals surface area (Å²) in [7, 11) is 0. The number of fused-ring (bicyclic) bond motifs is 1. The first-order valence-electron chi connectivity index (χ1n) is 5.19. The lowest BCUT2D eigenvalue weighted by molar-refractivity contribution is 0.178. The van der Waals surface area contributed by atoms with Crippen molar-refractivity contribution >= 4 is 16.6 Å². The summed E-state index contributed by atoms with van der Waals surface area (Å²) in [6.07, 6.45) is 2.55. The highest BCUT2D eigenvalue weighted by atomic mass is 16.3. The summed E-state index contributed by atoms with van der Waals surface area (Å²) in [6, 6.07) is 7.94. The lowest BCUT2D eigenvalue weighted by atomic mass is 10.2. The van der Waals surface area contributed by atoms with Crippen LogP contribution in [0.1, 0.15) is 13.3 Å². The molecule has 1 aromatic carbocycles. The first kappa shape index (κ1) is 10.1. The molecule has 0 saturated carbocycles. The molecule has 0 radical (unpaired) electrons. The van der Waals surface area contributed by atoms with Crippen LogP contribution in [0.25, 0.3) is 10.9 Å². The number of nitrogen functional groups attached to an aromatic ring is 1. The van der Waals surface area contributed by atoms with Crippen molar-refractivity contribution < 1.29 is 5.11 Å². The van der Waals surface area contributed by atoms with E-state index in [1.807, 2.05) is 37.4 Å². The third kappa shape index (κ3) is 2.13. The van der Waals surface area contributed by atoms with Gasteiger partial charge in [0.15, 0.2) is 0 Å². The maximum atomic E-state index is 9.23. The van der Waals surface area contributed by atoms with E-state index in [0.29, 0.717) is 0 Å². The second-order valence-electron chi connectivity index (χ2n) is 3.97. The molecule has 1 unspecified atom stereocenters. The fourth-order valence-corrected chi connectivity index (χ4v) is 1.74. The summed E-state index contributed by atoms with van der Waals surface area (Å²) in [6.45, 7) is 2.65. The quantitative estimate of drug-likeness (QED) is 0.751. The number of nitrogens with zero attached hydrogens (tertiary/aromatic N) is 1. The van der Waals surface area contributed by atoms with Crippen LogP contribution in [0.4, 0.5) is 5.69 Å². The van der Waals surface area contributed by atoms with Gasteiger partial charge in [-0.05, 0) is 37.6 Å². The Labute approximate surface area is 89.1 Å². The summed E-state index contributed by atoms with van der Waals surface area (Å²) < 4.78 is 2.14. The van der Waals surface area contributed by atoms with Gasteiger partial charge in [0.2, 0.25) is 0 Å². The van der Waals surface area contributed by atoms with Gasteiger partial charge in [0, 0.05) is 29.3 Å². The largest absolute Gasteiger partial charge is 0.399 e. The molecule has 0 saturated heterocycles. The molecule has 2 aromatic rings. The van der Waals surface area contributed by atoms with Gasteiger partial charge in [0.25, 0.3) is 0 Å². The number of aryl methyl sites for hydroxylation is 1. The van der Waals surface area contributed by atoms with Crippen LogP contribution in [0.5, 0.6) is 0 Å². The maximum Gasteiger partial charge on any atom is 0.0529 e. The van der Waals surface area contributed by atoms with Crippen LogP contribution in [0.2, 0.25) is 0 Å². The monoisotopic (exact) mass is 204 g/mol. The number of benzene rings is 1. The molecular weight excluding hydrogens is 188 g/mol. The second-order valence-corrected chi connectivity index (χ2v) is 3.97. The first-order valence-corrected chi connectivity index (χ1v) is 5.19. The summed E-state index contributed by atoms with van der Waals surface area (Å²) in [5.74, 6) is 0. The summed E-state index contributed by atoms with van der Waals surface area (Å²) in [5, 5.41) is 10.4. The molecule has 0 bridgehead atoms. The van der Waals surface area contributed by atoms with Gasteiger partial charge in [0.1, 0.15) is 0 Å². The first-order chi connectivity index (χ1) is 7.16. The molecule has 2 rings (SSSR count). The van der Waals surface area contributed by atoms with Crippen LogP contribution in [-0.2, 0) is 6.54 Å². The lowest BCUT2D eigenvalue weighted by Crippen LogP contribution is -2.05. The van der Waals surface area contributed by atoms with Crippen LogP contribution in [0, 0.1) is 0 Å². The number of rotatable bonds is 3. The minimum Gasteiger partial charge on any atom is -0.399 e. The minimum absolute atomic E-state index is 0.253. The molecule has 1 atom stereocenters. The van der Waals surface area contributed by atoms with Crippen LogP contribution >= 0.6 is 0 Å². The fourth-order valence-electron chi connectivity index (χ4n) is 1.74. The fraction of sp³-hybridized carbons (Fsp3) is 0.333. The smallest absolute Gasteiger partial charge is 0.0529 e. The Kier molecular flexibility index (Phi) is 2.64. The van der Waals surface area contributed by atoms with Crippen molar-refractivity contribution in [1.29, 1.82) is 0 Å². The van der Waals surface area contributed by atoms with Crippen molar-refractivity contribution in [2.24, 2.45) is 0 Å². The Hall–Kier alpha value is -1.48. The van der Waals surface area contributed by atoms with Crippen molar-refractivity contribution in [2.45, 2.75) is 26.0 Å². The van der Waals surface area contributed by atoms with Gasteiger partial charge in [0.05, 0.1) is 6.10 Å². The van der Waals surface area contributed by atoms with Gasteiger partial charge in [-0.15, -0.1) is 0 Å². The van der Waals surface area contributed by atoms with E-state index < -0.39 is 0 Å². The molecule has 15 heavy (non-hydrogen) atoms. The number of aromatic nitrogens is 1. The van der Waals surface area contributed by atoms with Gasteiger partial charge in [-0.3, -0.25) is 0 Å². The molecule has 0 aliphatic rings. The molecule has 3 heteroatoms. The minimum atomic E-state index is -0.253. The number of aliphatic hydroxyl groups is 1. The highest BCUT2D eigenvalue weighted by molar-refractivity contribution is 5.83. The van der Waals surface area contributed by atoms with Crippen molar-refractivity contribution in [3.8, 4) is 0 Å². The van der Waals surface area contributed by atoms with E-state index in [-0.39, 0.29) is 6.10 Å². The van der Waals surface area contributed by atoms with Gasteiger partial charge in [-0.25, -0.2) is 0 Å². The van der Waals surface area contributed by atoms with Gasteiger partial charge < -0.3 is 15.4 Å². The zero-order valence-corrected chi connectivity index (χ0v) is 8.85. The number of hydrogen-bond acceptors (Lipinski definition) is 2. The SMILES string of the molecule is CC(O)CCn1ccc2cc(N)ccc21. The normalized spacial score (nSPS) is 13.2.